The zero-order valence-electron chi connectivity index (χ0n) is 11.9. The number of unbranched alkanes of at least 4 members (excludes halogenated alkanes) is 3. The first-order chi connectivity index (χ1) is 9.34. The van der Waals surface area contributed by atoms with Crippen LogP contribution in [-0.2, 0) is 6.18 Å². The lowest BCUT2D eigenvalue weighted by molar-refractivity contribution is -0.137. The van der Waals surface area contributed by atoms with Gasteiger partial charge in [0.15, 0.2) is 0 Å². The minimum absolute atomic E-state index is 0.0399. The molecule has 0 bridgehead atoms. The van der Waals surface area contributed by atoms with Gasteiger partial charge in [-0.1, -0.05) is 32.6 Å². The number of hydrogen-bond acceptors (Lipinski definition) is 1. The van der Waals surface area contributed by atoms with Gasteiger partial charge < -0.3 is 5.32 Å². The second-order valence-electron chi connectivity index (χ2n) is 5.09. The third kappa shape index (κ3) is 5.39. The van der Waals surface area contributed by atoms with Crippen LogP contribution in [0.1, 0.15) is 51.5 Å². The zero-order chi connectivity index (χ0) is 15.2. The molecule has 20 heavy (non-hydrogen) atoms. The summed E-state index contributed by atoms with van der Waals surface area (Å²) >= 11 is 0. The minimum atomic E-state index is -4.51. The lowest BCUT2D eigenvalue weighted by atomic mass is 10.1. The Morgan fingerprint density at radius 3 is 2.40 bits per heavy atom. The van der Waals surface area contributed by atoms with Gasteiger partial charge in [0.05, 0.1) is 11.3 Å². The molecule has 0 radical (unpaired) electrons. The minimum Gasteiger partial charge on any atom is -0.380 e. The lowest BCUT2D eigenvalue weighted by Gasteiger charge is -2.16. The molecule has 0 spiro atoms. The molecule has 0 saturated carbocycles. The maximum absolute atomic E-state index is 13.6. The topological polar surface area (TPSA) is 12.0 Å². The summed E-state index contributed by atoms with van der Waals surface area (Å²) < 4.78 is 50.9. The van der Waals surface area contributed by atoms with E-state index in [4.69, 9.17) is 0 Å². The van der Waals surface area contributed by atoms with Gasteiger partial charge in [-0.15, -0.1) is 0 Å². The van der Waals surface area contributed by atoms with Gasteiger partial charge in [-0.05, 0) is 31.5 Å². The molecule has 1 atom stereocenters. The Balaban J connectivity index is 2.56. The van der Waals surface area contributed by atoms with Crippen LogP contribution in [0.25, 0.3) is 0 Å². The molecule has 0 saturated heterocycles. The van der Waals surface area contributed by atoms with E-state index in [0.29, 0.717) is 6.07 Å². The van der Waals surface area contributed by atoms with Crippen molar-refractivity contribution < 1.29 is 17.6 Å². The Kier molecular flexibility index (Phi) is 6.30. The van der Waals surface area contributed by atoms with Crippen molar-refractivity contribution in [2.24, 2.45) is 0 Å². The molecule has 1 N–H and O–H groups in total. The third-order valence-corrected chi connectivity index (χ3v) is 3.19. The molecule has 0 heterocycles. The zero-order valence-corrected chi connectivity index (χ0v) is 11.9. The van der Waals surface area contributed by atoms with Gasteiger partial charge in [0, 0.05) is 6.04 Å². The van der Waals surface area contributed by atoms with E-state index in [1.54, 1.807) is 0 Å². The molecule has 1 aromatic carbocycles. The second-order valence-corrected chi connectivity index (χ2v) is 5.09. The summed E-state index contributed by atoms with van der Waals surface area (Å²) in [6.45, 7) is 4.03. The maximum Gasteiger partial charge on any atom is 0.416 e. The fourth-order valence-electron chi connectivity index (χ4n) is 2.02. The van der Waals surface area contributed by atoms with E-state index in [0.717, 1.165) is 37.8 Å². The molecule has 0 aliphatic carbocycles. The van der Waals surface area contributed by atoms with Crippen molar-refractivity contribution in [3.05, 3.63) is 29.6 Å². The molecule has 114 valence electrons. The normalized spacial score (nSPS) is 13.3. The standard InChI is InChI=1S/C15H21F4N/c1-3-4-5-6-7-11(2)20-14-9-8-12(10-13(14)16)15(17,18)19/h8-11,20H,3-7H2,1-2H3. The quantitative estimate of drug-likeness (QED) is 0.508. The van der Waals surface area contributed by atoms with Gasteiger partial charge in [-0.2, -0.15) is 13.2 Å². The fraction of sp³-hybridized carbons (Fsp3) is 0.600. The highest BCUT2D eigenvalue weighted by atomic mass is 19.4. The van der Waals surface area contributed by atoms with E-state index < -0.39 is 17.6 Å². The van der Waals surface area contributed by atoms with Crippen LogP contribution in [0.4, 0.5) is 23.2 Å². The van der Waals surface area contributed by atoms with Crippen LogP contribution in [-0.4, -0.2) is 6.04 Å². The molecule has 0 fully saturated rings. The Labute approximate surface area is 117 Å². The molecular weight excluding hydrogens is 270 g/mol. The summed E-state index contributed by atoms with van der Waals surface area (Å²) in [6.07, 6.45) is 0.838. The highest BCUT2D eigenvalue weighted by Crippen LogP contribution is 2.31. The van der Waals surface area contributed by atoms with E-state index in [2.05, 4.69) is 12.2 Å². The van der Waals surface area contributed by atoms with Crippen molar-refractivity contribution in [3.63, 3.8) is 0 Å². The van der Waals surface area contributed by atoms with Crippen LogP contribution in [0.15, 0.2) is 18.2 Å². The van der Waals surface area contributed by atoms with Gasteiger partial charge in [-0.3, -0.25) is 0 Å². The molecular formula is C15H21F4N. The van der Waals surface area contributed by atoms with Gasteiger partial charge in [0.2, 0.25) is 0 Å². The molecule has 0 aliphatic rings. The van der Waals surface area contributed by atoms with Gasteiger partial charge in [0.25, 0.3) is 0 Å². The second kappa shape index (κ2) is 7.50. The summed E-state index contributed by atoms with van der Waals surface area (Å²) in [5.41, 5.74) is -0.836. The van der Waals surface area contributed by atoms with Crippen LogP contribution in [0.3, 0.4) is 0 Å². The van der Waals surface area contributed by atoms with Crippen LogP contribution < -0.4 is 5.32 Å². The summed E-state index contributed by atoms with van der Waals surface area (Å²) in [7, 11) is 0. The molecule has 5 heteroatoms. The van der Waals surface area contributed by atoms with Crippen LogP contribution >= 0.6 is 0 Å². The summed E-state index contributed by atoms with van der Waals surface area (Å²) in [6, 6.07) is 2.63. The molecule has 0 aliphatic heterocycles. The predicted molar refractivity (Wildman–Crippen MR) is 73.2 cm³/mol. The molecule has 1 aromatic rings. The van der Waals surface area contributed by atoms with E-state index in [1.165, 1.54) is 6.42 Å². The largest absolute Gasteiger partial charge is 0.416 e. The number of hydrogen-bond donors (Lipinski definition) is 1. The van der Waals surface area contributed by atoms with Crippen LogP contribution in [0.5, 0.6) is 0 Å². The molecule has 1 nitrogen and oxygen atoms in total. The van der Waals surface area contributed by atoms with E-state index >= 15 is 0 Å². The number of alkyl halides is 3. The Hall–Kier alpha value is -1.26. The average molecular weight is 291 g/mol. The van der Waals surface area contributed by atoms with Gasteiger partial charge >= 0.3 is 6.18 Å². The monoisotopic (exact) mass is 291 g/mol. The van der Waals surface area contributed by atoms with Crippen LogP contribution in [0.2, 0.25) is 0 Å². The molecule has 0 amide bonds. The first kappa shape index (κ1) is 16.8. The predicted octanol–water partition coefficient (Wildman–Crippen LogP) is 5.62. The Morgan fingerprint density at radius 1 is 1.15 bits per heavy atom. The Morgan fingerprint density at radius 2 is 1.85 bits per heavy atom. The van der Waals surface area contributed by atoms with Crippen molar-refractivity contribution in [1.82, 2.24) is 0 Å². The molecule has 0 aromatic heterocycles. The van der Waals surface area contributed by atoms with Crippen molar-refractivity contribution in [2.45, 2.75) is 58.2 Å². The van der Waals surface area contributed by atoms with Crippen molar-refractivity contribution in [3.8, 4) is 0 Å². The van der Waals surface area contributed by atoms with E-state index in [1.807, 2.05) is 6.92 Å². The highest BCUT2D eigenvalue weighted by molar-refractivity contribution is 5.47. The maximum atomic E-state index is 13.6. The smallest absolute Gasteiger partial charge is 0.380 e. The number of anilines is 1. The van der Waals surface area contributed by atoms with Crippen molar-refractivity contribution in [2.75, 3.05) is 5.32 Å². The highest BCUT2D eigenvalue weighted by Gasteiger charge is 2.31. The fourth-order valence-corrected chi connectivity index (χ4v) is 2.02. The Bertz CT molecular complexity index is 415. The van der Waals surface area contributed by atoms with Crippen LogP contribution in [0, 0.1) is 5.82 Å². The van der Waals surface area contributed by atoms with Gasteiger partial charge in [0.1, 0.15) is 5.82 Å². The summed E-state index contributed by atoms with van der Waals surface area (Å²) in [4.78, 5) is 0. The first-order valence-corrected chi connectivity index (χ1v) is 6.98. The first-order valence-electron chi connectivity index (χ1n) is 6.98. The van der Waals surface area contributed by atoms with E-state index in [-0.39, 0.29) is 11.7 Å². The molecule has 1 rings (SSSR count). The SMILES string of the molecule is CCCCCCC(C)Nc1ccc(C(F)(F)F)cc1F. The van der Waals surface area contributed by atoms with E-state index in [9.17, 15) is 17.6 Å². The lowest BCUT2D eigenvalue weighted by Crippen LogP contribution is -2.16. The molecule has 1 unspecified atom stereocenters. The number of halogens is 4. The van der Waals surface area contributed by atoms with Gasteiger partial charge in [-0.25, -0.2) is 4.39 Å². The number of rotatable bonds is 7. The summed E-state index contributed by atoms with van der Waals surface area (Å²) in [5, 5.41) is 2.92. The third-order valence-electron chi connectivity index (χ3n) is 3.19. The van der Waals surface area contributed by atoms with Crippen molar-refractivity contribution in [1.29, 1.82) is 0 Å². The van der Waals surface area contributed by atoms with Crippen molar-refractivity contribution >= 4 is 5.69 Å². The summed E-state index contributed by atoms with van der Waals surface area (Å²) in [5.74, 6) is -0.861. The average Bonchev–Trinajstić information content (AvgIpc) is 2.36. The number of nitrogens with one attached hydrogen (secondary N) is 1. The number of benzene rings is 1.